The van der Waals surface area contributed by atoms with E-state index in [9.17, 15) is 5.11 Å². The summed E-state index contributed by atoms with van der Waals surface area (Å²) in [6.45, 7) is 4.25. The summed E-state index contributed by atoms with van der Waals surface area (Å²) < 4.78 is 5.64. The van der Waals surface area contributed by atoms with E-state index >= 15 is 0 Å². The van der Waals surface area contributed by atoms with E-state index in [-0.39, 0.29) is 6.10 Å². The van der Waals surface area contributed by atoms with E-state index in [1.54, 1.807) is 7.11 Å². The summed E-state index contributed by atoms with van der Waals surface area (Å²) in [5, 5.41) is 13.5. The summed E-state index contributed by atoms with van der Waals surface area (Å²) >= 11 is 0. The quantitative estimate of drug-likeness (QED) is 0.696. The van der Waals surface area contributed by atoms with Crippen molar-refractivity contribution in [2.24, 2.45) is 0 Å². The molecule has 0 spiro atoms. The highest BCUT2D eigenvalue weighted by Crippen LogP contribution is 2.50. The maximum Gasteiger partial charge on any atom is 0.113 e. The normalized spacial score (nSPS) is 19.5. The van der Waals surface area contributed by atoms with E-state index < -0.39 is 6.10 Å². The minimum atomic E-state index is -0.645. The molecule has 2 heteroatoms. The Labute approximate surface area is 136 Å². The van der Waals surface area contributed by atoms with Gasteiger partial charge in [0.1, 0.15) is 12.2 Å². The Kier molecular flexibility index (Phi) is 3.26. The lowest BCUT2D eigenvalue weighted by atomic mass is 9.76. The van der Waals surface area contributed by atoms with E-state index in [0.717, 1.165) is 22.3 Å². The first-order chi connectivity index (χ1) is 11.1. The largest absolute Gasteiger partial charge is 0.385 e. The van der Waals surface area contributed by atoms with E-state index in [2.05, 4.69) is 56.3 Å². The Hall–Kier alpha value is -2.16. The van der Waals surface area contributed by atoms with Gasteiger partial charge in [-0.1, -0.05) is 48.5 Å². The number of aliphatic hydroxyl groups excluding tert-OH is 1. The standard InChI is InChI=1S/C21H20O2/c1-12-14-8-4-5-9-15(14)13(2)19-18(12)16-10-6-7-11-17(16)21(23-3)20(19)22/h4-11,20-22H,1-3H3. The predicted octanol–water partition coefficient (Wildman–Crippen LogP) is 4.86. The summed E-state index contributed by atoms with van der Waals surface area (Å²) in [6.07, 6.45) is -0.967. The van der Waals surface area contributed by atoms with Crippen molar-refractivity contribution in [1.29, 1.82) is 0 Å². The first kappa shape index (κ1) is 14.4. The maximum absolute atomic E-state index is 11.0. The lowest BCUT2D eigenvalue weighted by Gasteiger charge is -2.34. The SMILES string of the molecule is COC1c2ccccc2-c2c(c(C)c3ccccc3c2C)C1O. The molecule has 0 bridgehead atoms. The van der Waals surface area contributed by atoms with E-state index in [1.165, 1.54) is 21.9 Å². The number of fused-ring (bicyclic) bond motifs is 4. The van der Waals surface area contributed by atoms with Crippen molar-refractivity contribution in [3.63, 3.8) is 0 Å². The van der Waals surface area contributed by atoms with Crippen LogP contribution < -0.4 is 0 Å². The Bertz CT molecular complexity index is 911. The average molecular weight is 304 g/mol. The van der Waals surface area contributed by atoms with Gasteiger partial charge >= 0.3 is 0 Å². The van der Waals surface area contributed by atoms with Crippen LogP contribution in [0.2, 0.25) is 0 Å². The zero-order valence-electron chi connectivity index (χ0n) is 13.6. The van der Waals surface area contributed by atoms with Crippen LogP contribution in [0.1, 0.15) is 34.5 Å². The molecule has 3 aromatic carbocycles. The van der Waals surface area contributed by atoms with Gasteiger partial charge in [0, 0.05) is 7.11 Å². The number of hydrogen-bond donors (Lipinski definition) is 1. The van der Waals surface area contributed by atoms with Gasteiger partial charge in [-0.15, -0.1) is 0 Å². The molecule has 1 aliphatic rings. The summed E-state index contributed by atoms with van der Waals surface area (Å²) in [5.41, 5.74) is 6.77. The molecule has 0 aliphatic heterocycles. The van der Waals surface area contributed by atoms with Gasteiger partial charge in [-0.05, 0) is 58.0 Å². The molecule has 0 amide bonds. The minimum absolute atomic E-state index is 0.321. The Morgan fingerprint density at radius 3 is 2.17 bits per heavy atom. The fourth-order valence-electron chi connectivity index (χ4n) is 4.07. The zero-order valence-corrected chi connectivity index (χ0v) is 13.6. The molecular weight excluding hydrogens is 284 g/mol. The molecule has 1 N–H and O–H groups in total. The Balaban J connectivity index is 2.18. The molecule has 116 valence electrons. The molecule has 0 saturated heterocycles. The third-order valence-corrected chi connectivity index (χ3v) is 5.16. The molecule has 0 heterocycles. The molecule has 0 saturated carbocycles. The van der Waals surface area contributed by atoms with Crippen LogP contribution in [0, 0.1) is 13.8 Å². The van der Waals surface area contributed by atoms with Gasteiger partial charge in [0.2, 0.25) is 0 Å². The van der Waals surface area contributed by atoms with Crippen LogP contribution in [0.15, 0.2) is 48.5 Å². The van der Waals surface area contributed by atoms with Crippen LogP contribution in [-0.2, 0) is 4.74 Å². The number of hydrogen-bond acceptors (Lipinski definition) is 2. The Morgan fingerprint density at radius 2 is 1.48 bits per heavy atom. The van der Waals surface area contributed by atoms with Gasteiger partial charge in [0.15, 0.2) is 0 Å². The van der Waals surface area contributed by atoms with Crippen molar-refractivity contribution in [3.8, 4) is 11.1 Å². The average Bonchev–Trinajstić information content (AvgIpc) is 2.59. The number of aryl methyl sites for hydroxylation is 2. The molecule has 0 aromatic heterocycles. The summed E-state index contributed by atoms with van der Waals surface area (Å²) in [5.74, 6) is 0. The lowest BCUT2D eigenvalue weighted by molar-refractivity contribution is -0.0164. The minimum Gasteiger partial charge on any atom is -0.385 e. The molecule has 23 heavy (non-hydrogen) atoms. The van der Waals surface area contributed by atoms with Crippen LogP contribution in [-0.4, -0.2) is 12.2 Å². The first-order valence-electron chi connectivity index (χ1n) is 7.97. The van der Waals surface area contributed by atoms with Crippen LogP contribution in [0.3, 0.4) is 0 Å². The van der Waals surface area contributed by atoms with Crippen molar-refractivity contribution < 1.29 is 9.84 Å². The molecule has 2 atom stereocenters. The van der Waals surface area contributed by atoms with Crippen molar-refractivity contribution >= 4 is 10.8 Å². The second-order valence-electron chi connectivity index (χ2n) is 6.27. The third-order valence-electron chi connectivity index (χ3n) is 5.16. The molecule has 2 unspecified atom stereocenters. The smallest absolute Gasteiger partial charge is 0.113 e. The van der Waals surface area contributed by atoms with E-state index in [0.29, 0.717) is 0 Å². The van der Waals surface area contributed by atoms with Crippen LogP contribution in [0.4, 0.5) is 0 Å². The highest BCUT2D eigenvalue weighted by atomic mass is 16.5. The number of rotatable bonds is 1. The van der Waals surface area contributed by atoms with Crippen molar-refractivity contribution in [1.82, 2.24) is 0 Å². The highest BCUT2D eigenvalue weighted by molar-refractivity contribution is 5.97. The van der Waals surface area contributed by atoms with Crippen LogP contribution in [0.25, 0.3) is 21.9 Å². The fraction of sp³-hybridized carbons (Fsp3) is 0.238. The Morgan fingerprint density at radius 1 is 0.870 bits per heavy atom. The van der Waals surface area contributed by atoms with Gasteiger partial charge in [-0.25, -0.2) is 0 Å². The molecule has 0 radical (unpaired) electrons. The number of aliphatic hydroxyl groups is 1. The van der Waals surface area contributed by atoms with E-state index in [1.807, 2.05) is 6.07 Å². The van der Waals surface area contributed by atoms with Crippen molar-refractivity contribution in [2.75, 3.05) is 7.11 Å². The number of ether oxygens (including phenoxy) is 1. The van der Waals surface area contributed by atoms with Gasteiger partial charge in [0.25, 0.3) is 0 Å². The van der Waals surface area contributed by atoms with Gasteiger partial charge in [-0.3, -0.25) is 0 Å². The molecule has 4 rings (SSSR count). The molecule has 3 aromatic rings. The van der Waals surface area contributed by atoms with E-state index in [4.69, 9.17) is 4.74 Å². The molecule has 2 nitrogen and oxygen atoms in total. The monoisotopic (exact) mass is 304 g/mol. The van der Waals surface area contributed by atoms with Crippen LogP contribution >= 0.6 is 0 Å². The van der Waals surface area contributed by atoms with Gasteiger partial charge < -0.3 is 9.84 Å². The van der Waals surface area contributed by atoms with Crippen molar-refractivity contribution in [3.05, 3.63) is 70.8 Å². The first-order valence-corrected chi connectivity index (χ1v) is 7.97. The topological polar surface area (TPSA) is 29.5 Å². The zero-order chi connectivity index (χ0) is 16.1. The lowest BCUT2D eigenvalue weighted by Crippen LogP contribution is -2.21. The summed E-state index contributed by atoms with van der Waals surface area (Å²) in [7, 11) is 1.67. The summed E-state index contributed by atoms with van der Waals surface area (Å²) in [6, 6.07) is 16.7. The maximum atomic E-state index is 11.0. The van der Waals surface area contributed by atoms with Crippen molar-refractivity contribution in [2.45, 2.75) is 26.1 Å². The molecular formula is C21H20O2. The van der Waals surface area contributed by atoms with Gasteiger partial charge in [-0.2, -0.15) is 0 Å². The highest BCUT2D eigenvalue weighted by Gasteiger charge is 2.35. The number of methoxy groups -OCH3 is 1. The fourth-order valence-corrected chi connectivity index (χ4v) is 4.07. The predicted molar refractivity (Wildman–Crippen MR) is 93.6 cm³/mol. The second-order valence-corrected chi connectivity index (χ2v) is 6.27. The van der Waals surface area contributed by atoms with Crippen LogP contribution in [0.5, 0.6) is 0 Å². The van der Waals surface area contributed by atoms with Gasteiger partial charge in [0.05, 0.1) is 0 Å². The number of benzene rings is 3. The summed E-state index contributed by atoms with van der Waals surface area (Å²) in [4.78, 5) is 0. The third kappa shape index (κ3) is 1.89. The second kappa shape index (κ2) is 5.19. The molecule has 0 fully saturated rings. The molecule has 1 aliphatic carbocycles.